The molecule has 0 aliphatic rings. The Hall–Kier alpha value is -7.62. The summed E-state index contributed by atoms with van der Waals surface area (Å²) in [5, 5.41) is 0. The quantitative estimate of drug-likeness (QED) is 0.0445. The maximum atomic E-state index is 6.22. The molecule has 7 aromatic rings. The number of ether oxygens (including phenoxy) is 4. The van der Waals surface area contributed by atoms with Crippen LogP contribution in [0.15, 0.2) is 123 Å². The van der Waals surface area contributed by atoms with E-state index in [9.17, 15) is 0 Å². The Kier molecular flexibility index (Phi) is 22.5. The number of hydrogen-bond donors (Lipinski definition) is 0. The number of nitrogens with zero attached hydrogens (tertiary/aromatic N) is 8. The molecule has 0 radical (unpaired) electrons. The molecule has 4 aromatic heterocycles. The second-order valence-electron chi connectivity index (χ2n) is 16.9. The van der Waals surface area contributed by atoms with E-state index in [-0.39, 0.29) is 14.9 Å². The van der Waals surface area contributed by atoms with Crippen LogP contribution in [-0.2, 0) is 54.4 Å². The van der Waals surface area contributed by atoms with E-state index in [1.54, 1.807) is 0 Å². The molecule has 0 saturated heterocycles. The van der Waals surface area contributed by atoms with E-state index in [0.717, 1.165) is 108 Å². The first-order valence-corrected chi connectivity index (χ1v) is 23.4. The summed E-state index contributed by atoms with van der Waals surface area (Å²) in [5.41, 5.74) is 5.73. The van der Waals surface area contributed by atoms with Crippen molar-refractivity contribution in [1.29, 1.82) is 0 Å². The van der Waals surface area contributed by atoms with E-state index in [1.807, 2.05) is 134 Å². The van der Waals surface area contributed by atoms with Gasteiger partial charge in [0, 0.05) is 36.8 Å². The highest BCUT2D eigenvalue weighted by Crippen LogP contribution is 2.30. The van der Waals surface area contributed by atoms with Crippen LogP contribution in [0.3, 0.4) is 0 Å². The lowest BCUT2D eigenvalue weighted by Crippen LogP contribution is -2.23. The van der Waals surface area contributed by atoms with Crippen molar-refractivity contribution in [3.05, 3.63) is 157 Å². The molecule has 0 atom stereocenters. The molecule has 12 heteroatoms. The highest BCUT2D eigenvalue weighted by molar-refractivity contribution is 5.56. The van der Waals surface area contributed by atoms with Crippen LogP contribution in [0.1, 0.15) is 87.8 Å². The number of imidazole rings is 4. The van der Waals surface area contributed by atoms with Crippen LogP contribution >= 0.6 is 0 Å². The summed E-state index contributed by atoms with van der Waals surface area (Å²) in [6.07, 6.45) is 28.4. The first-order chi connectivity index (χ1) is 33.0. The molecule has 0 aliphatic carbocycles. The van der Waals surface area contributed by atoms with Gasteiger partial charge in [-0.1, -0.05) is 38.5 Å². The van der Waals surface area contributed by atoms with Crippen molar-refractivity contribution in [2.45, 2.75) is 94.4 Å². The van der Waals surface area contributed by atoms with Gasteiger partial charge in [-0.05, 0) is 87.4 Å². The fraction of sp³-hybridized carbons (Fsp3) is 0.379. The zero-order valence-electron chi connectivity index (χ0n) is 41.2. The van der Waals surface area contributed by atoms with Crippen molar-refractivity contribution in [3.8, 4) is 58.5 Å². The lowest BCUT2D eigenvalue weighted by atomic mass is 10.1. The highest BCUT2D eigenvalue weighted by atomic mass is 16.5. The largest absolute Gasteiger partial charge is 0.493 e. The van der Waals surface area contributed by atoms with Crippen LogP contribution in [0.5, 0.6) is 23.0 Å². The van der Waals surface area contributed by atoms with E-state index >= 15 is 0 Å². The van der Waals surface area contributed by atoms with Gasteiger partial charge < -0.3 is 18.9 Å². The van der Waals surface area contributed by atoms with Gasteiger partial charge >= 0.3 is 0 Å². The topological polar surface area (TPSA) is 72.2 Å². The zero-order chi connectivity index (χ0) is 48.1. The fourth-order valence-electron chi connectivity index (χ4n) is 7.38. The minimum Gasteiger partial charge on any atom is -0.493 e. The Morgan fingerprint density at radius 3 is 1.04 bits per heavy atom. The van der Waals surface area contributed by atoms with Crippen LogP contribution in [0.4, 0.5) is 0 Å². The number of hydrogen-bond acceptors (Lipinski definition) is 4. The van der Waals surface area contributed by atoms with Crippen molar-refractivity contribution >= 4 is 0 Å². The molecule has 0 fully saturated rings. The van der Waals surface area contributed by atoms with E-state index in [0.29, 0.717) is 26.4 Å². The molecule has 3 aromatic carbocycles. The predicted molar refractivity (Wildman–Crippen MR) is 276 cm³/mol. The van der Waals surface area contributed by atoms with Gasteiger partial charge in [0.1, 0.15) is 72.6 Å². The Morgan fingerprint density at radius 2 is 0.729 bits per heavy atom. The second-order valence-corrected chi connectivity index (χ2v) is 16.9. The molecule has 7 rings (SSSR count). The Bertz CT molecular complexity index is 2880. The Balaban J connectivity index is 0.000000304. The summed E-state index contributed by atoms with van der Waals surface area (Å²) >= 11 is 0. The Morgan fingerprint density at radius 1 is 0.414 bits per heavy atom. The summed E-state index contributed by atoms with van der Waals surface area (Å²) in [5.74, 6) is 22.1. The molecule has 0 amide bonds. The average molecular weight is 949 g/mol. The van der Waals surface area contributed by atoms with Gasteiger partial charge in [-0.25, -0.2) is 36.5 Å². The molecule has 0 saturated carbocycles. The first kappa shape index (κ1) is 55.0. The van der Waals surface area contributed by atoms with E-state index < -0.39 is 0 Å². The molecule has 0 bridgehead atoms. The van der Waals surface area contributed by atoms with Crippen LogP contribution in [0.25, 0.3) is 0 Å². The van der Waals surface area contributed by atoms with Crippen molar-refractivity contribution < 1.29 is 37.2 Å². The van der Waals surface area contributed by atoms with E-state index in [1.165, 1.54) is 0 Å². The fourth-order valence-corrected chi connectivity index (χ4v) is 7.38. The van der Waals surface area contributed by atoms with Crippen LogP contribution in [-0.4, -0.2) is 44.7 Å². The summed E-state index contributed by atoms with van der Waals surface area (Å²) in [4.78, 5) is 0. The Labute approximate surface area is 418 Å². The van der Waals surface area contributed by atoms with Gasteiger partial charge in [0.25, 0.3) is 0 Å². The minimum absolute atomic E-state index is 0. The zero-order valence-corrected chi connectivity index (χ0v) is 41.2. The maximum Gasteiger partial charge on any atom is 0.243 e. The average Bonchev–Trinajstić information content (AvgIpc) is 4.15. The molecule has 70 heavy (non-hydrogen) atoms. The highest BCUT2D eigenvalue weighted by Gasteiger charge is 2.12. The van der Waals surface area contributed by atoms with Gasteiger partial charge in [-0.15, -0.1) is 11.8 Å². The lowest BCUT2D eigenvalue weighted by Gasteiger charge is -2.14. The number of benzene rings is 3. The van der Waals surface area contributed by atoms with Crippen molar-refractivity contribution in [2.24, 2.45) is 28.2 Å². The summed E-state index contributed by atoms with van der Waals surface area (Å²) in [6.45, 7) is 14.0. The summed E-state index contributed by atoms with van der Waals surface area (Å²) in [6, 6.07) is 16.1. The summed E-state index contributed by atoms with van der Waals surface area (Å²) in [7, 11) is 8.10. The monoisotopic (exact) mass is 949 g/mol. The molecule has 0 N–H and O–H groups in total. The second kappa shape index (κ2) is 28.6. The van der Waals surface area contributed by atoms with Gasteiger partial charge in [0.2, 0.25) is 25.3 Å². The van der Waals surface area contributed by atoms with Crippen molar-refractivity contribution in [2.75, 3.05) is 26.4 Å². The number of rotatable bonds is 20. The molecule has 0 aliphatic heterocycles. The SMILES string of the molecule is C.C.CC#Cc1cc(OCCCn2cc[n+](C)c2)c(C)cc1OCCCn1cc[n+](C)c1.CC#Cc1ccc(C#Cc2cc(OCCCn3cc[n+](C)c3)c(C)cc2OCCCn2cc[n+](C)c2)cc1. The normalized spacial score (nSPS) is 10.1. The minimum atomic E-state index is 0. The third kappa shape index (κ3) is 17.8. The third-order valence-electron chi connectivity index (χ3n) is 10.9. The van der Waals surface area contributed by atoms with Gasteiger partial charge in [0.15, 0.2) is 0 Å². The van der Waals surface area contributed by atoms with Crippen molar-refractivity contribution in [3.63, 3.8) is 0 Å². The third-order valence-corrected chi connectivity index (χ3v) is 10.9. The van der Waals surface area contributed by atoms with Gasteiger partial charge in [0.05, 0.1) is 91.9 Å². The van der Waals surface area contributed by atoms with Crippen molar-refractivity contribution in [1.82, 2.24) is 18.3 Å². The standard InChI is InChI=1S/C32H36N4O2.C24H32N4O2.2CH4/c1-5-8-28-9-11-29(12-10-28)13-14-30-24-31(37-21-6-15-35-19-17-33(3)25-35)27(2)23-32(30)38-22-7-16-36-20-18-34(4)26-36;1-5-8-22-18-23(29-15-6-9-27-13-11-25(3)19-27)21(2)17-24(22)30-16-7-10-28-14-12-26(4)20-28;;/h9-12,17-20,23-26H,6-7,15-16,21-22H2,1-4H3;11-14,17-20H,6-7,9-10,15-16H2,1-4H3;2*1H4/q2*+2;;. The molecule has 12 nitrogen and oxygen atoms in total. The number of aryl methyl sites for hydroxylation is 10. The summed E-state index contributed by atoms with van der Waals surface area (Å²) < 4.78 is 41.3. The molecule has 0 spiro atoms. The molecule has 0 unspecified atom stereocenters. The smallest absolute Gasteiger partial charge is 0.243 e. The molecular weight excluding hydrogens is 873 g/mol. The molecule has 368 valence electrons. The van der Waals surface area contributed by atoms with E-state index in [2.05, 4.69) is 118 Å². The predicted octanol–water partition coefficient (Wildman–Crippen LogP) is 7.79. The van der Waals surface area contributed by atoms with Crippen LogP contribution in [0, 0.1) is 49.4 Å². The first-order valence-electron chi connectivity index (χ1n) is 23.4. The van der Waals surface area contributed by atoms with Gasteiger partial charge in [-0.2, -0.15) is 0 Å². The molecule has 4 heterocycles. The van der Waals surface area contributed by atoms with Gasteiger partial charge in [-0.3, -0.25) is 0 Å². The number of aromatic nitrogens is 8. The van der Waals surface area contributed by atoms with Crippen LogP contribution < -0.4 is 37.2 Å². The molecular formula is C58H76N8O4+4. The van der Waals surface area contributed by atoms with Crippen LogP contribution in [0.2, 0.25) is 0 Å². The lowest BCUT2D eigenvalue weighted by molar-refractivity contribution is -0.671. The maximum absolute atomic E-state index is 6.22. The van der Waals surface area contributed by atoms with E-state index in [4.69, 9.17) is 18.9 Å².